The lowest BCUT2D eigenvalue weighted by Gasteiger charge is -2.26. The third kappa shape index (κ3) is 6.28. The predicted molar refractivity (Wildman–Crippen MR) is 140 cm³/mol. The Balaban J connectivity index is 2.10. The molecule has 0 fully saturated rings. The van der Waals surface area contributed by atoms with E-state index in [2.05, 4.69) is 21.4 Å². The monoisotopic (exact) mass is 547 g/mol. The van der Waals surface area contributed by atoms with Gasteiger partial charge in [0.15, 0.2) is 17.5 Å². The molecule has 0 atom stereocenters. The van der Waals surface area contributed by atoms with Gasteiger partial charge in [-0.15, -0.1) is 0 Å². The summed E-state index contributed by atoms with van der Waals surface area (Å²) in [5.41, 5.74) is 0.401. The highest BCUT2D eigenvalue weighted by Crippen LogP contribution is 2.33. The van der Waals surface area contributed by atoms with Crippen molar-refractivity contribution in [1.29, 1.82) is 0 Å². The fraction of sp³-hybridized carbons (Fsp3) is 0.320. The summed E-state index contributed by atoms with van der Waals surface area (Å²) in [4.78, 5) is 23.6. The summed E-state index contributed by atoms with van der Waals surface area (Å²) in [6.07, 6.45) is 0.750. The molecule has 3 aromatic rings. The standard InChI is InChI=1S/C25H29F2N6O4S/c1-6-32(7-2)24-28-16-22(33(8-3)38(35,36)19-12-13-20(26)21(27)15-19)23(30-24)29-17-10-9-11-18(14-17)37-25(34)31(4)5/h9-13,15-16H,6-8H2,1-5H3,(H,28,29,30). The third-order valence-electron chi connectivity index (χ3n) is 5.42. The Kier molecular flexibility index (Phi) is 9.04. The van der Waals surface area contributed by atoms with Gasteiger partial charge in [-0.25, -0.2) is 27.0 Å². The van der Waals surface area contributed by atoms with Crippen molar-refractivity contribution in [3.63, 3.8) is 0 Å². The maximum atomic E-state index is 13.9. The van der Waals surface area contributed by atoms with E-state index in [0.29, 0.717) is 30.8 Å². The normalized spacial score (nSPS) is 11.1. The second-order valence-corrected chi connectivity index (χ2v) is 10.0. The smallest absolute Gasteiger partial charge is 0.409 e. The van der Waals surface area contributed by atoms with Crippen molar-refractivity contribution in [3.8, 4) is 5.75 Å². The van der Waals surface area contributed by atoms with Gasteiger partial charge in [-0.05, 0) is 51.1 Å². The van der Waals surface area contributed by atoms with Gasteiger partial charge < -0.3 is 19.9 Å². The number of nitrogens with one attached hydrogen (secondary N) is 1. The highest BCUT2D eigenvalue weighted by molar-refractivity contribution is 7.92. The fourth-order valence-corrected chi connectivity index (χ4v) is 4.91. The van der Waals surface area contributed by atoms with Crippen LogP contribution in [0.2, 0.25) is 0 Å². The van der Waals surface area contributed by atoms with Crippen LogP contribution in [0.25, 0.3) is 0 Å². The van der Waals surface area contributed by atoms with Crippen molar-refractivity contribution in [1.82, 2.24) is 14.9 Å². The number of hydrogen-bond donors (Lipinski definition) is 1. The molecule has 1 radical (unpaired) electrons. The first kappa shape index (κ1) is 28.6. The maximum Gasteiger partial charge on any atom is 0.414 e. The van der Waals surface area contributed by atoms with E-state index in [0.717, 1.165) is 16.4 Å². The summed E-state index contributed by atoms with van der Waals surface area (Å²) in [5, 5.41) is 3.04. The molecule has 203 valence electrons. The van der Waals surface area contributed by atoms with Crippen molar-refractivity contribution >= 4 is 39.3 Å². The molecule has 0 saturated carbocycles. The number of sulfonamides is 1. The van der Waals surface area contributed by atoms with Gasteiger partial charge in [0.2, 0.25) is 5.95 Å². The number of carbonyl (C=O) groups is 1. The zero-order valence-electron chi connectivity index (χ0n) is 21.7. The molecule has 0 unspecified atom stereocenters. The Morgan fingerprint density at radius 3 is 2.37 bits per heavy atom. The molecule has 0 bridgehead atoms. The van der Waals surface area contributed by atoms with E-state index < -0.39 is 32.6 Å². The summed E-state index contributed by atoms with van der Waals surface area (Å²) < 4.78 is 60.6. The zero-order chi connectivity index (χ0) is 28.0. The second-order valence-electron chi connectivity index (χ2n) is 8.14. The summed E-state index contributed by atoms with van der Waals surface area (Å²) in [5.74, 6) is -1.85. The van der Waals surface area contributed by atoms with Gasteiger partial charge in [0.1, 0.15) is 11.4 Å². The molecule has 0 aliphatic rings. The topological polar surface area (TPSA) is 108 Å². The van der Waals surface area contributed by atoms with Crippen molar-refractivity contribution < 1.29 is 26.7 Å². The van der Waals surface area contributed by atoms with E-state index in [1.807, 2.05) is 18.7 Å². The number of benzene rings is 2. The Bertz CT molecular complexity index is 1400. The van der Waals surface area contributed by atoms with Gasteiger partial charge in [-0.1, -0.05) is 6.07 Å². The predicted octanol–water partition coefficient (Wildman–Crippen LogP) is 4.42. The van der Waals surface area contributed by atoms with Crippen LogP contribution in [0.4, 0.5) is 36.7 Å². The highest BCUT2D eigenvalue weighted by atomic mass is 32.2. The molecule has 1 heterocycles. The first-order valence-electron chi connectivity index (χ1n) is 11.8. The molecule has 1 N–H and O–H groups in total. The Morgan fingerprint density at radius 1 is 1.05 bits per heavy atom. The second kappa shape index (κ2) is 12.0. The molecule has 1 amide bonds. The number of hydrogen-bond acceptors (Lipinski definition) is 8. The van der Waals surface area contributed by atoms with Gasteiger partial charge in [0.25, 0.3) is 10.0 Å². The van der Waals surface area contributed by atoms with Crippen molar-refractivity contribution in [2.75, 3.05) is 48.3 Å². The van der Waals surface area contributed by atoms with E-state index in [1.165, 1.54) is 11.1 Å². The lowest BCUT2D eigenvalue weighted by Crippen LogP contribution is -2.32. The quantitative estimate of drug-likeness (QED) is 0.398. The van der Waals surface area contributed by atoms with Crippen LogP contribution in [0, 0.1) is 17.7 Å². The first-order chi connectivity index (χ1) is 18.0. The number of halogens is 2. The maximum absolute atomic E-state index is 13.9. The summed E-state index contributed by atoms with van der Waals surface area (Å²) in [6, 6.07) is 10.1. The number of amides is 1. The Hall–Kier alpha value is -4.00. The molecular weight excluding hydrogens is 518 g/mol. The molecule has 0 aliphatic heterocycles. The van der Waals surface area contributed by atoms with E-state index in [-0.39, 0.29) is 23.8 Å². The summed E-state index contributed by atoms with van der Waals surface area (Å²) >= 11 is 0. The molecular formula is C25H29F2N6O4S. The average molecular weight is 548 g/mol. The van der Waals surface area contributed by atoms with Crippen LogP contribution in [0.1, 0.15) is 20.8 Å². The fourth-order valence-electron chi connectivity index (χ4n) is 3.43. The Morgan fingerprint density at radius 2 is 1.76 bits per heavy atom. The molecule has 13 heteroatoms. The number of nitrogens with zero attached hydrogens (tertiary/aromatic N) is 5. The van der Waals surface area contributed by atoms with Crippen LogP contribution in [0.3, 0.4) is 0 Å². The van der Waals surface area contributed by atoms with Gasteiger partial charge >= 0.3 is 6.09 Å². The molecule has 0 saturated heterocycles. The van der Waals surface area contributed by atoms with Gasteiger partial charge in [-0.3, -0.25) is 4.31 Å². The zero-order valence-corrected chi connectivity index (χ0v) is 22.5. The van der Waals surface area contributed by atoms with Gasteiger partial charge in [-0.2, -0.15) is 4.98 Å². The van der Waals surface area contributed by atoms with Crippen molar-refractivity contribution in [2.45, 2.75) is 25.7 Å². The average Bonchev–Trinajstić information content (AvgIpc) is 2.88. The van der Waals surface area contributed by atoms with Crippen LogP contribution in [0.15, 0.2) is 47.5 Å². The minimum atomic E-state index is -4.33. The number of rotatable bonds is 10. The third-order valence-corrected chi connectivity index (χ3v) is 7.31. The van der Waals surface area contributed by atoms with Crippen molar-refractivity contribution in [3.05, 3.63) is 60.3 Å². The molecule has 1 aromatic heterocycles. The molecule has 0 spiro atoms. The lowest BCUT2D eigenvalue weighted by atomic mass is 10.3. The van der Waals surface area contributed by atoms with Crippen molar-refractivity contribution in [2.24, 2.45) is 0 Å². The number of ether oxygens (including phenoxy) is 1. The number of anilines is 4. The molecule has 38 heavy (non-hydrogen) atoms. The van der Waals surface area contributed by atoms with Crippen LogP contribution in [-0.4, -0.2) is 63.1 Å². The minimum Gasteiger partial charge on any atom is -0.409 e. The van der Waals surface area contributed by atoms with Gasteiger partial charge in [0, 0.05) is 33.7 Å². The van der Waals surface area contributed by atoms with E-state index in [4.69, 9.17) is 4.74 Å². The molecule has 0 aliphatic carbocycles. The minimum absolute atomic E-state index is 0.0613. The van der Waals surface area contributed by atoms with Crippen LogP contribution < -0.4 is 19.3 Å². The summed E-state index contributed by atoms with van der Waals surface area (Å²) in [7, 11) is -1.25. The lowest BCUT2D eigenvalue weighted by molar-refractivity contribution is 0.172. The molecule has 2 aromatic carbocycles. The molecule has 3 rings (SSSR count). The Labute approximate surface area is 220 Å². The van der Waals surface area contributed by atoms with Crippen LogP contribution in [0.5, 0.6) is 5.75 Å². The summed E-state index contributed by atoms with van der Waals surface area (Å²) in [6.45, 7) is 6.58. The van der Waals surface area contributed by atoms with Crippen LogP contribution in [-0.2, 0) is 10.0 Å². The van der Waals surface area contributed by atoms with E-state index in [1.54, 1.807) is 39.2 Å². The highest BCUT2D eigenvalue weighted by Gasteiger charge is 2.28. The molecule has 10 nitrogen and oxygen atoms in total. The first-order valence-corrected chi connectivity index (χ1v) is 13.2. The largest absolute Gasteiger partial charge is 0.414 e. The number of aromatic nitrogens is 2. The van der Waals surface area contributed by atoms with E-state index in [9.17, 15) is 22.0 Å². The number of carbonyl (C=O) groups excluding carboxylic acids is 1. The SMILES string of the molecule is CCN(CC)c1ncc(N(CC)S(=O)(=O)c2ccc(F)c(F)c2)c(Nc2[c]c(OC(=O)N(C)C)ccc2)n1. The van der Waals surface area contributed by atoms with Crippen LogP contribution >= 0.6 is 0 Å². The van der Waals surface area contributed by atoms with E-state index >= 15 is 0 Å². The van der Waals surface area contributed by atoms with Gasteiger partial charge in [0.05, 0.1) is 22.8 Å².